The molecule has 3 aromatic rings. The first-order valence-electron chi connectivity index (χ1n) is 8.36. The standard InChI is InChI=1S/C20H20FN3O3/c1-24-11-10-22-20(24)19(14-6-5-7-15(12-14)26-2)23-18(25)13-27-17-9-4-3-8-16(17)21/h3-12,19H,13H2,1-2H3,(H,23,25). The molecule has 1 amide bonds. The van der Waals surface area contributed by atoms with Gasteiger partial charge in [-0.1, -0.05) is 24.3 Å². The summed E-state index contributed by atoms with van der Waals surface area (Å²) in [5.74, 6) is 0.446. The van der Waals surface area contributed by atoms with Crippen molar-refractivity contribution in [2.75, 3.05) is 13.7 Å². The number of hydrogen-bond donors (Lipinski definition) is 1. The normalized spacial score (nSPS) is 11.7. The number of benzene rings is 2. The van der Waals surface area contributed by atoms with Crippen LogP contribution < -0.4 is 14.8 Å². The molecule has 0 aliphatic rings. The SMILES string of the molecule is COc1cccc(C(NC(=O)COc2ccccc2F)c2nccn2C)c1. The minimum Gasteiger partial charge on any atom is -0.497 e. The Kier molecular flexibility index (Phi) is 5.71. The number of amides is 1. The van der Waals surface area contributed by atoms with E-state index in [9.17, 15) is 9.18 Å². The molecule has 0 spiro atoms. The fourth-order valence-corrected chi connectivity index (χ4v) is 2.68. The highest BCUT2D eigenvalue weighted by Crippen LogP contribution is 2.24. The zero-order chi connectivity index (χ0) is 19.2. The molecule has 0 saturated heterocycles. The lowest BCUT2D eigenvalue weighted by Gasteiger charge is -2.20. The van der Waals surface area contributed by atoms with Crippen LogP contribution in [-0.2, 0) is 11.8 Å². The average Bonchev–Trinajstić information content (AvgIpc) is 3.11. The van der Waals surface area contributed by atoms with Crippen molar-refractivity contribution in [1.29, 1.82) is 0 Å². The molecule has 27 heavy (non-hydrogen) atoms. The van der Waals surface area contributed by atoms with Crippen LogP contribution in [0.5, 0.6) is 11.5 Å². The Balaban J connectivity index is 1.78. The van der Waals surface area contributed by atoms with Crippen LogP contribution in [0.25, 0.3) is 0 Å². The fourth-order valence-electron chi connectivity index (χ4n) is 2.68. The van der Waals surface area contributed by atoms with E-state index in [1.807, 2.05) is 35.9 Å². The quantitative estimate of drug-likeness (QED) is 0.696. The highest BCUT2D eigenvalue weighted by atomic mass is 19.1. The van der Waals surface area contributed by atoms with E-state index in [0.717, 1.165) is 5.56 Å². The van der Waals surface area contributed by atoms with Crippen molar-refractivity contribution >= 4 is 5.91 Å². The Morgan fingerprint density at radius 1 is 1.26 bits per heavy atom. The molecule has 140 valence electrons. The molecule has 0 aliphatic heterocycles. The van der Waals surface area contributed by atoms with Gasteiger partial charge in [0.25, 0.3) is 5.91 Å². The fraction of sp³-hybridized carbons (Fsp3) is 0.200. The number of hydrogen-bond acceptors (Lipinski definition) is 4. The number of nitrogens with zero attached hydrogens (tertiary/aromatic N) is 2. The van der Waals surface area contributed by atoms with Crippen molar-refractivity contribution in [2.45, 2.75) is 6.04 Å². The van der Waals surface area contributed by atoms with Crippen LogP contribution in [-0.4, -0.2) is 29.2 Å². The van der Waals surface area contributed by atoms with Gasteiger partial charge in [-0.3, -0.25) is 4.79 Å². The smallest absolute Gasteiger partial charge is 0.258 e. The lowest BCUT2D eigenvalue weighted by Crippen LogP contribution is -2.34. The first-order valence-corrected chi connectivity index (χ1v) is 8.36. The van der Waals surface area contributed by atoms with Crippen molar-refractivity contribution in [3.63, 3.8) is 0 Å². The first-order chi connectivity index (χ1) is 13.1. The summed E-state index contributed by atoms with van der Waals surface area (Å²) < 4.78 is 26.0. The van der Waals surface area contributed by atoms with E-state index in [2.05, 4.69) is 10.3 Å². The van der Waals surface area contributed by atoms with Crippen molar-refractivity contribution in [3.8, 4) is 11.5 Å². The number of ether oxygens (including phenoxy) is 2. The van der Waals surface area contributed by atoms with Crippen LogP contribution in [0.15, 0.2) is 60.9 Å². The third-order valence-corrected chi connectivity index (χ3v) is 4.04. The van der Waals surface area contributed by atoms with E-state index in [4.69, 9.17) is 9.47 Å². The summed E-state index contributed by atoms with van der Waals surface area (Å²) in [7, 11) is 3.42. The molecule has 1 N–H and O–H groups in total. The molecule has 1 atom stereocenters. The summed E-state index contributed by atoms with van der Waals surface area (Å²) in [6.45, 7) is -0.314. The van der Waals surface area contributed by atoms with Crippen LogP contribution in [0.4, 0.5) is 4.39 Å². The van der Waals surface area contributed by atoms with Crippen LogP contribution >= 0.6 is 0 Å². The zero-order valence-corrected chi connectivity index (χ0v) is 15.1. The molecule has 6 nitrogen and oxygen atoms in total. The number of imidazole rings is 1. The van der Waals surface area contributed by atoms with E-state index in [0.29, 0.717) is 11.6 Å². The van der Waals surface area contributed by atoms with Crippen molar-refractivity contribution in [1.82, 2.24) is 14.9 Å². The molecule has 1 heterocycles. The molecule has 3 rings (SSSR count). The van der Waals surface area contributed by atoms with E-state index in [1.54, 1.807) is 31.6 Å². The number of nitrogens with one attached hydrogen (secondary N) is 1. The highest BCUT2D eigenvalue weighted by molar-refractivity contribution is 5.78. The largest absolute Gasteiger partial charge is 0.497 e. The Morgan fingerprint density at radius 2 is 2.07 bits per heavy atom. The highest BCUT2D eigenvalue weighted by Gasteiger charge is 2.21. The van der Waals surface area contributed by atoms with Crippen molar-refractivity contribution < 1.29 is 18.7 Å². The molecule has 1 unspecified atom stereocenters. The lowest BCUT2D eigenvalue weighted by molar-refractivity contribution is -0.123. The van der Waals surface area contributed by atoms with Crippen LogP contribution in [0.3, 0.4) is 0 Å². The van der Waals surface area contributed by atoms with Gasteiger partial charge in [-0.15, -0.1) is 0 Å². The van der Waals surface area contributed by atoms with Gasteiger partial charge in [0.1, 0.15) is 17.6 Å². The maximum Gasteiger partial charge on any atom is 0.258 e. The Hall–Kier alpha value is -3.35. The molecular weight excluding hydrogens is 349 g/mol. The summed E-state index contributed by atoms with van der Waals surface area (Å²) in [6, 6.07) is 12.8. The van der Waals surface area contributed by atoms with E-state index >= 15 is 0 Å². The minimum absolute atomic E-state index is 0.0302. The molecule has 0 bridgehead atoms. The third kappa shape index (κ3) is 4.44. The van der Waals surface area contributed by atoms with Gasteiger partial charge in [0.2, 0.25) is 0 Å². The van der Waals surface area contributed by atoms with Crippen LogP contribution in [0, 0.1) is 5.82 Å². The Labute approximate surface area is 156 Å². The summed E-state index contributed by atoms with van der Waals surface area (Å²) in [5.41, 5.74) is 0.808. The van der Waals surface area contributed by atoms with E-state index < -0.39 is 17.8 Å². The predicted molar refractivity (Wildman–Crippen MR) is 98.1 cm³/mol. The number of aromatic nitrogens is 2. The summed E-state index contributed by atoms with van der Waals surface area (Å²) in [5, 5.41) is 2.89. The Bertz CT molecular complexity index is 926. The summed E-state index contributed by atoms with van der Waals surface area (Å²) >= 11 is 0. The molecule has 0 radical (unpaired) electrons. The number of carbonyl (C=O) groups is 1. The monoisotopic (exact) mass is 369 g/mol. The molecule has 1 aromatic heterocycles. The van der Waals surface area contributed by atoms with Gasteiger partial charge in [-0.2, -0.15) is 0 Å². The molecule has 0 aliphatic carbocycles. The number of rotatable bonds is 7. The number of para-hydroxylation sites is 1. The second-order valence-electron chi connectivity index (χ2n) is 5.89. The molecular formula is C20H20FN3O3. The first kappa shape index (κ1) is 18.4. The number of halogens is 1. The van der Waals surface area contributed by atoms with Crippen molar-refractivity contribution in [2.24, 2.45) is 7.05 Å². The topological polar surface area (TPSA) is 65.4 Å². The second kappa shape index (κ2) is 8.35. The molecule has 7 heteroatoms. The van der Waals surface area contributed by atoms with Crippen LogP contribution in [0.1, 0.15) is 17.4 Å². The zero-order valence-electron chi connectivity index (χ0n) is 15.1. The lowest BCUT2D eigenvalue weighted by atomic mass is 10.1. The maximum atomic E-state index is 13.6. The molecule has 0 fully saturated rings. The van der Waals surface area contributed by atoms with E-state index in [1.165, 1.54) is 12.1 Å². The van der Waals surface area contributed by atoms with Crippen LogP contribution in [0.2, 0.25) is 0 Å². The molecule has 0 saturated carbocycles. The number of aryl methyl sites for hydroxylation is 1. The third-order valence-electron chi connectivity index (χ3n) is 4.04. The van der Waals surface area contributed by atoms with Gasteiger partial charge in [0.05, 0.1) is 7.11 Å². The van der Waals surface area contributed by atoms with Crippen molar-refractivity contribution in [3.05, 3.63) is 78.1 Å². The van der Waals surface area contributed by atoms with Gasteiger partial charge in [0.15, 0.2) is 18.2 Å². The average molecular weight is 369 g/mol. The van der Waals surface area contributed by atoms with Gasteiger partial charge in [-0.05, 0) is 29.8 Å². The molecule has 2 aromatic carbocycles. The van der Waals surface area contributed by atoms with Gasteiger partial charge in [0, 0.05) is 19.4 Å². The number of carbonyl (C=O) groups excluding carboxylic acids is 1. The van der Waals surface area contributed by atoms with E-state index in [-0.39, 0.29) is 12.4 Å². The van der Waals surface area contributed by atoms with Gasteiger partial charge in [-0.25, -0.2) is 9.37 Å². The number of methoxy groups -OCH3 is 1. The predicted octanol–water partition coefficient (Wildman–Crippen LogP) is 2.85. The maximum absolute atomic E-state index is 13.6. The van der Waals surface area contributed by atoms with Gasteiger partial charge >= 0.3 is 0 Å². The summed E-state index contributed by atoms with van der Waals surface area (Å²) in [6.07, 6.45) is 3.45. The minimum atomic E-state index is -0.515. The second-order valence-corrected chi connectivity index (χ2v) is 5.89. The Morgan fingerprint density at radius 3 is 2.78 bits per heavy atom. The summed E-state index contributed by atoms with van der Waals surface area (Å²) in [4.78, 5) is 16.8. The van der Waals surface area contributed by atoms with Gasteiger partial charge < -0.3 is 19.4 Å².